The average molecular weight is 419 g/mol. The fourth-order valence-corrected chi connectivity index (χ4v) is 4.05. The van der Waals surface area contributed by atoms with Gasteiger partial charge in [0.05, 0.1) is 18.4 Å². The summed E-state index contributed by atoms with van der Waals surface area (Å²) in [5.74, 6) is 0.675. The molecule has 0 atom stereocenters. The highest BCUT2D eigenvalue weighted by Crippen LogP contribution is 2.42. The molecule has 1 aliphatic heterocycles. The van der Waals surface area contributed by atoms with Crippen LogP contribution in [0.4, 0.5) is 5.69 Å². The molecule has 0 radical (unpaired) electrons. The summed E-state index contributed by atoms with van der Waals surface area (Å²) in [6.45, 7) is 6.07. The van der Waals surface area contributed by atoms with Crippen LogP contribution in [-0.4, -0.2) is 26.3 Å². The second-order valence-electron chi connectivity index (χ2n) is 7.57. The van der Waals surface area contributed by atoms with Crippen molar-refractivity contribution in [1.82, 2.24) is 10.6 Å². The van der Waals surface area contributed by atoms with Crippen molar-refractivity contribution in [1.29, 1.82) is 5.41 Å². The molecule has 0 saturated carbocycles. The standard InChI is InChI=1S/C25H30N4O2/c1-6-8-17-9-7-10-22(31-5)24(17)19-12-20-21(11-15(19)2)29-25(30)23(20)16(3)28-18(13-26)14-27-4/h7,9-14,26-28H,6,8H2,1-5H3,(H,29,30)/b18-14+,23-16-,26-13?. The number of methoxy groups -OCH3 is 1. The van der Waals surface area contributed by atoms with Crippen molar-refractivity contribution in [3.63, 3.8) is 0 Å². The first-order valence-corrected chi connectivity index (χ1v) is 10.4. The number of nitrogens with one attached hydrogen (secondary N) is 4. The minimum Gasteiger partial charge on any atom is -0.496 e. The molecule has 3 rings (SSSR count). The van der Waals surface area contributed by atoms with Gasteiger partial charge in [0.15, 0.2) is 0 Å². The summed E-state index contributed by atoms with van der Waals surface area (Å²) in [4.78, 5) is 12.8. The van der Waals surface area contributed by atoms with E-state index in [-0.39, 0.29) is 5.91 Å². The Bertz CT molecular complexity index is 1080. The summed E-state index contributed by atoms with van der Waals surface area (Å²) >= 11 is 0. The first-order valence-electron chi connectivity index (χ1n) is 10.4. The molecule has 0 unspecified atom stereocenters. The summed E-state index contributed by atoms with van der Waals surface area (Å²) in [5.41, 5.74) is 7.90. The van der Waals surface area contributed by atoms with Gasteiger partial charge in [0.25, 0.3) is 5.91 Å². The number of hydrogen-bond donors (Lipinski definition) is 4. The molecule has 1 heterocycles. The lowest BCUT2D eigenvalue weighted by molar-refractivity contribution is -0.110. The second kappa shape index (κ2) is 9.51. The molecule has 1 amide bonds. The van der Waals surface area contributed by atoms with Crippen LogP contribution in [0, 0.1) is 12.3 Å². The number of anilines is 1. The SMILES string of the molecule is CCCc1cccc(OC)c1-c1cc2c(cc1C)NC(=O)/C2=C(/C)N/C(C=N)=C/NC. The van der Waals surface area contributed by atoms with Gasteiger partial charge in [-0.1, -0.05) is 25.5 Å². The van der Waals surface area contributed by atoms with Gasteiger partial charge in [-0.2, -0.15) is 0 Å². The molecule has 0 bridgehead atoms. The fourth-order valence-electron chi connectivity index (χ4n) is 4.05. The lowest BCUT2D eigenvalue weighted by Gasteiger charge is -2.17. The number of carbonyl (C=O) groups excluding carboxylic acids is 1. The molecular weight excluding hydrogens is 388 g/mol. The number of fused-ring (bicyclic) bond motifs is 1. The third kappa shape index (κ3) is 4.33. The Morgan fingerprint density at radius 3 is 2.68 bits per heavy atom. The van der Waals surface area contributed by atoms with Crippen molar-refractivity contribution in [2.75, 3.05) is 19.5 Å². The van der Waals surface area contributed by atoms with Crippen LogP contribution >= 0.6 is 0 Å². The Morgan fingerprint density at radius 2 is 2.03 bits per heavy atom. The molecular formula is C25H30N4O2. The Kier molecular flexibility index (Phi) is 6.80. The molecule has 0 aromatic heterocycles. The molecule has 0 fully saturated rings. The smallest absolute Gasteiger partial charge is 0.258 e. The Hall–Kier alpha value is -3.54. The maximum atomic E-state index is 12.8. The third-order valence-electron chi connectivity index (χ3n) is 5.39. The van der Waals surface area contributed by atoms with E-state index in [0.717, 1.165) is 46.5 Å². The van der Waals surface area contributed by atoms with E-state index in [0.29, 0.717) is 17.0 Å². The van der Waals surface area contributed by atoms with Gasteiger partial charge >= 0.3 is 0 Å². The van der Waals surface area contributed by atoms with Gasteiger partial charge in [0.1, 0.15) is 5.75 Å². The van der Waals surface area contributed by atoms with Crippen molar-refractivity contribution in [3.8, 4) is 16.9 Å². The van der Waals surface area contributed by atoms with Crippen LogP contribution in [0.2, 0.25) is 0 Å². The van der Waals surface area contributed by atoms with E-state index >= 15 is 0 Å². The number of ether oxygens (including phenoxy) is 1. The normalized spacial score (nSPS) is 14.6. The van der Waals surface area contributed by atoms with E-state index in [4.69, 9.17) is 10.1 Å². The Balaban J connectivity index is 2.19. The maximum Gasteiger partial charge on any atom is 0.258 e. The van der Waals surface area contributed by atoms with Crippen molar-refractivity contribution in [2.24, 2.45) is 0 Å². The van der Waals surface area contributed by atoms with Crippen molar-refractivity contribution in [3.05, 3.63) is 64.6 Å². The van der Waals surface area contributed by atoms with Crippen molar-refractivity contribution in [2.45, 2.75) is 33.6 Å². The molecule has 1 aliphatic rings. The molecule has 6 heteroatoms. The number of aryl methyl sites for hydroxylation is 2. The summed E-state index contributed by atoms with van der Waals surface area (Å²) < 4.78 is 5.70. The van der Waals surface area contributed by atoms with E-state index in [9.17, 15) is 4.79 Å². The monoisotopic (exact) mass is 418 g/mol. The number of amides is 1. The second-order valence-corrected chi connectivity index (χ2v) is 7.57. The highest BCUT2D eigenvalue weighted by Gasteiger charge is 2.28. The van der Waals surface area contributed by atoms with Crippen LogP contribution < -0.4 is 20.7 Å². The van der Waals surface area contributed by atoms with Crippen LogP contribution in [0.25, 0.3) is 16.7 Å². The Labute approximate surface area is 183 Å². The van der Waals surface area contributed by atoms with Gasteiger partial charge < -0.3 is 26.1 Å². The number of hydrogen-bond acceptors (Lipinski definition) is 5. The quantitative estimate of drug-likeness (QED) is 0.373. The number of allylic oxidation sites excluding steroid dienone is 2. The van der Waals surface area contributed by atoms with Crippen LogP contribution in [0.3, 0.4) is 0 Å². The predicted molar refractivity (Wildman–Crippen MR) is 127 cm³/mol. The molecule has 0 aliphatic carbocycles. The van der Waals surface area contributed by atoms with E-state index in [1.54, 1.807) is 20.4 Å². The molecule has 4 N–H and O–H groups in total. The summed E-state index contributed by atoms with van der Waals surface area (Å²) in [7, 11) is 3.45. The molecule has 2 aromatic carbocycles. The van der Waals surface area contributed by atoms with Gasteiger partial charge in [0.2, 0.25) is 0 Å². The van der Waals surface area contributed by atoms with E-state index in [2.05, 4.69) is 41.9 Å². The van der Waals surface area contributed by atoms with E-state index in [1.165, 1.54) is 11.8 Å². The van der Waals surface area contributed by atoms with Crippen LogP contribution in [-0.2, 0) is 11.2 Å². The summed E-state index contributed by atoms with van der Waals surface area (Å²) in [5, 5.41) is 16.6. The van der Waals surface area contributed by atoms with Gasteiger partial charge in [-0.15, -0.1) is 0 Å². The lowest BCUT2D eigenvalue weighted by atomic mass is 9.90. The van der Waals surface area contributed by atoms with Crippen molar-refractivity contribution < 1.29 is 9.53 Å². The molecule has 0 spiro atoms. The van der Waals surface area contributed by atoms with Gasteiger partial charge in [0, 0.05) is 42.0 Å². The van der Waals surface area contributed by atoms with Crippen molar-refractivity contribution >= 4 is 23.4 Å². The van der Waals surface area contributed by atoms with Gasteiger partial charge in [-0.3, -0.25) is 4.79 Å². The Morgan fingerprint density at radius 1 is 1.26 bits per heavy atom. The lowest BCUT2D eigenvalue weighted by Crippen LogP contribution is -2.18. The molecule has 2 aromatic rings. The molecule has 6 nitrogen and oxygen atoms in total. The zero-order valence-corrected chi connectivity index (χ0v) is 18.8. The largest absolute Gasteiger partial charge is 0.496 e. The number of carbonyl (C=O) groups is 1. The van der Waals surface area contributed by atoms with E-state index < -0.39 is 0 Å². The summed E-state index contributed by atoms with van der Waals surface area (Å²) in [6.07, 6.45) is 4.86. The molecule has 31 heavy (non-hydrogen) atoms. The molecule has 162 valence electrons. The fraction of sp³-hybridized carbons (Fsp3) is 0.280. The zero-order chi connectivity index (χ0) is 22.5. The minimum absolute atomic E-state index is 0.154. The number of benzene rings is 2. The maximum absolute atomic E-state index is 12.8. The van der Waals surface area contributed by atoms with Crippen LogP contribution in [0.1, 0.15) is 37.0 Å². The zero-order valence-electron chi connectivity index (χ0n) is 18.8. The van der Waals surface area contributed by atoms with Crippen LogP contribution in [0.5, 0.6) is 5.75 Å². The van der Waals surface area contributed by atoms with Gasteiger partial charge in [-0.25, -0.2) is 0 Å². The first-order chi connectivity index (χ1) is 14.9. The molecule has 0 saturated heterocycles. The number of rotatable bonds is 8. The highest BCUT2D eigenvalue weighted by molar-refractivity contribution is 6.32. The highest BCUT2D eigenvalue weighted by atomic mass is 16.5. The van der Waals surface area contributed by atoms with Gasteiger partial charge in [-0.05, 0) is 55.2 Å². The predicted octanol–water partition coefficient (Wildman–Crippen LogP) is 4.61. The minimum atomic E-state index is -0.154. The summed E-state index contributed by atoms with van der Waals surface area (Å²) in [6, 6.07) is 10.2. The van der Waals surface area contributed by atoms with Crippen LogP contribution in [0.15, 0.2) is 47.9 Å². The van der Waals surface area contributed by atoms with E-state index in [1.807, 2.05) is 25.1 Å². The topological polar surface area (TPSA) is 86.2 Å². The average Bonchev–Trinajstić information content (AvgIpc) is 3.07. The first kappa shape index (κ1) is 22.2. The third-order valence-corrected chi connectivity index (χ3v) is 5.39.